The quantitative estimate of drug-likeness (QED) is 0.160. The van der Waals surface area contributed by atoms with Crippen molar-refractivity contribution < 1.29 is 92.6 Å². The van der Waals surface area contributed by atoms with Crippen LogP contribution in [-0.4, -0.2) is 51.8 Å². The summed E-state index contributed by atoms with van der Waals surface area (Å²) in [6.07, 6.45) is 8.34. The molecule has 10 heteroatoms. The molecule has 0 aliphatic heterocycles. The van der Waals surface area contributed by atoms with Gasteiger partial charge in [-0.1, -0.05) is 69.8 Å². The van der Waals surface area contributed by atoms with E-state index in [2.05, 4.69) is 36.7 Å². The van der Waals surface area contributed by atoms with E-state index >= 15 is 0 Å². The number of alkyl halides is 2. The van der Waals surface area contributed by atoms with Crippen molar-refractivity contribution in [1.29, 1.82) is 0 Å². The Labute approximate surface area is 228 Å². The van der Waals surface area contributed by atoms with Crippen LogP contribution in [0.5, 0.6) is 0 Å². The van der Waals surface area contributed by atoms with E-state index in [1.165, 1.54) is 32.1 Å². The van der Waals surface area contributed by atoms with Crippen LogP contribution in [0.2, 0.25) is 6.32 Å². The van der Waals surface area contributed by atoms with E-state index in [4.69, 9.17) is 31.9 Å². The van der Waals surface area contributed by atoms with E-state index in [1.54, 1.807) is 0 Å². The third-order valence-corrected chi connectivity index (χ3v) is 3.14. The zero-order chi connectivity index (χ0) is 18.1. The number of halogens is 2. The maximum absolute atomic E-state index is 8.20. The van der Waals surface area contributed by atoms with Crippen LogP contribution >= 0.6 is 27.5 Å². The molecule has 0 unspecified atom stereocenters. The van der Waals surface area contributed by atoms with Crippen LogP contribution in [0.3, 0.4) is 0 Å². The first-order valence-electron chi connectivity index (χ1n) is 8.21. The van der Waals surface area contributed by atoms with Crippen molar-refractivity contribution in [3.05, 3.63) is 0 Å². The van der Waals surface area contributed by atoms with Gasteiger partial charge >= 0.3 is 7.12 Å². The van der Waals surface area contributed by atoms with Gasteiger partial charge in [-0.15, -0.1) is 11.6 Å². The van der Waals surface area contributed by atoms with E-state index in [-0.39, 0.29) is 92.7 Å². The predicted molar refractivity (Wildman–Crippen MR) is 110 cm³/mol. The molecule has 26 heavy (non-hydrogen) atoms. The van der Waals surface area contributed by atoms with Crippen molar-refractivity contribution in [2.75, 3.05) is 24.4 Å². The van der Waals surface area contributed by atoms with Gasteiger partial charge in [0.1, 0.15) is 0 Å². The molecule has 0 saturated carbocycles. The minimum atomic E-state index is -1.35. The summed E-state index contributed by atoms with van der Waals surface area (Å²) in [5.74, 6) is 0.827. The SMILES string of the molecule is C.CCCBr.CCCCCCl.CCCCCO.OCCB(O)O.[V].[W].[Y]. The van der Waals surface area contributed by atoms with Gasteiger partial charge in [0, 0.05) is 103 Å². The monoisotopic (exact) mass is 746 g/mol. The Bertz CT molecular complexity index is 147. The zero-order valence-electron chi connectivity index (χ0n) is 16.0. The number of hydrogen-bond donors (Lipinski definition) is 4. The summed E-state index contributed by atoms with van der Waals surface area (Å²) < 4.78 is 0. The van der Waals surface area contributed by atoms with E-state index in [1.807, 2.05) is 0 Å². The van der Waals surface area contributed by atoms with Gasteiger partial charge in [-0.3, -0.25) is 0 Å². The van der Waals surface area contributed by atoms with Crippen LogP contribution in [-0.2, 0) is 72.3 Å². The van der Waals surface area contributed by atoms with Gasteiger partial charge in [0.25, 0.3) is 0 Å². The van der Waals surface area contributed by atoms with Gasteiger partial charge in [-0.25, -0.2) is 0 Å². The average Bonchev–Trinajstić information content (AvgIpc) is 2.52. The number of aliphatic hydroxyl groups is 2. The fourth-order valence-electron chi connectivity index (χ4n) is 0.822. The Hall–Kier alpha value is 3.05. The van der Waals surface area contributed by atoms with Crippen LogP contribution in [0.4, 0.5) is 0 Å². The Morgan fingerprint density at radius 1 is 0.846 bits per heavy atom. The second kappa shape index (κ2) is 63.0. The molecular weight excluding hydrogens is 706 g/mol. The molecule has 0 bridgehead atoms. The fraction of sp³-hybridized carbons (Fsp3) is 1.00. The zero-order valence-corrected chi connectivity index (χ0v) is 25.6. The van der Waals surface area contributed by atoms with E-state index in [9.17, 15) is 0 Å². The maximum atomic E-state index is 8.20. The molecule has 0 aromatic rings. The Kier molecular flexibility index (Phi) is 125. The number of rotatable bonds is 9. The summed E-state index contributed by atoms with van der Waals surface area (Å²) in [6.45, 7) is 6.61. The Balaban J connectivity index is -0.0000000266. The molecule has 4 N–H and O–H groups in total. The van der Waals surface area contributed by atoms with Crippen LogP contribution in [0.25, 0.3) is 0 Å². The maximum Gasteiger partial charge on any atom is 0.453 e. The first kappa shape index (κ1) is 51.6. The van der Waals surface area contributed by atoms with Crippen molar-refractivity contribution in [2.45, 2.75) is 79.5 Å². The third-order valence-electron chi connectivity index (χ3n) is 2.08. The second-order valence-corrected chi connectivity index (χ2v) is 5.68. The standard InChI is InChI=1S/C5H11Cl.C5H12O.C3H7Br.C2H7BO3.CH4.V.W.Y/c2*1-2-3-4-5-6;1-2-3-4;4-2-1-3(5)6;;;;/h2-5H2,1H3;6H,2-5H2,1H3;2-3H2,1H3;4-6H,1-2H2;1H4;;;. The molecule has 0 aromatic heterocycles. The molecule has 0 aliphatic carbocycles. The molecule has 0 rings (SSSR count). The van der Waals surface area contributed by atoms with Crippen molar-refractivity contribution >= 4 is 34.6 Å². The van der Waals surface area contributed by atoms with E-state index < -0.39 is 7.12 Å². The first-order chi connectivity index (χ1) is 10.5. The molecule has 0 heterocycles. The van der Waals surface area contributed by atoms with Gasteiger partial charge in [0.15, 0.2) is 0 Å². The molecular formula is C16H41BBrClO4VWY. The normalized spacial score (nSPS) is 7.27. The van der Waals surface area contributed by atoms with Gasteiger partial charge in [-0.05, 0) is 19.3 Å². The van der Waals surface area contributed by atoms with Crippen molar-refractivity contribution in [1.82, 2.24) is 0 Å². The molecule has 0 amide bonds. The topological polar surface area (TPSA) is 80.9 Å². The van der Waals surface area contributed by atoms with Gasteiger partial charge in [-0.2, -0.15) is 0 Å². The first-order valence-corrected chi connectivity index (χ1v) is 9.87. The summed E-state index contributed by atoms with van der Waals surface area (Å²) in [5.41, 5.74) is 0. The van der Waals surface area contributed by atoms with Gasteiger partial charge < -0.3 is 20.3 Å². The predicted octanol–water partition coefficient (Wildman–Crippen LogP) is 4.46. The van der Waals surface area contributed by atoms with Crippen LogP contribution in [0.1, 0.15) is 73.1 Å². The summed E-state index contributed by atoms with van der Waals surface area (Å²) in [6, 6.07) is 0. The largest absolute Gasteiger partial charge is 0.453 e. The molecule has 2 radical (unpaired) electrons. The van der Waals surface area contributed by atoms with Crippen molar-refractivity contribution in [3.63, 3.8) is 0 Å². The number of aliphatic hydroxyl groups excluding tert-OH is 2. The summed E-state index contributed by atoms with van der Waals surface area (Å²) in [7, 11) is -1.35. The summed E-state index contributed by atoms with van der Waals surface area (Å²) in [5, 5.41) is 33.1. The van der Waals surface area contributed by atoms with Crippen LogP contribution in [0, 0.1) is 0 Å². The third kappa shape index (κ3) is 108. The molecule has 0 atom stereocenters. The molecule has 160 valence electrons. The van der Waals surface area contributed by atoms with Crippen molar-refractivity contribution in [2.24, 2.45) is 0 Å². The molecule has 0 saturated heterocycles. The summed E-state index contributed by atoms with van der Waals surface area (Å²) >= 11 is 8.63. The van der Waals surface area contributed by atoms with Gasteiger partial charge in [0.2, 0.25) is 0 Å². The van der Waals surface area contributed by atoms with Crippen LogP contribution in [0.15, 0.2) is 0 Å². The number of unbranched alkanes of at least 4 members (excludes halogenated alkanes) is 4. The smallest absolute Gasteiger partial charge is 0.427 e. The number of hydrogen-bond acceptors (Lipinski definition) is 4. The minimum absolute atomic E-state index is 0. The molecule has 0 aromatic carbocycles. The average molecular weight is 747 g/mol. The summed E-state index contributed by atoms with van der Waals surface area (Å²) in [4.78, 5) is 0. The van der Waals surface area contributed by atoms with Crippen molar-refractivity contribution in [3.8, 4) is 0 Å². The molecule has 0 fully saturated rings. The van der Waals surface area contributed by atoms with Crippen LogP contribution < -0.4 is 0 Å². The fourth-order valence-corrected chi connectivity index (χ4v) is 1.01. The van der Waals surface area contributed by atoms with E-state index in [0.29, 0.717) is 6.61 Å². The Morgan fingerprint density at radius 3 is 1.31 bits per heavy atom. The van der Waals surface area contributed by atoms with Gasteiger partial charge in [0.05, 0.1) is 0 Å². The molecule has 0 spiro atoms. The van der Waals surface area contributed by atoms with E-state index in [0.717, 1.165) is 24.1 Å². The second-order valence-electron chi connectivity index (χ2n) is 4.51. The Morgan fingerprint density at radius 2 is 1.23 bits per heavy atom. The minimum Gasteiger partial charge on any atom is -0.427 e. The molecule has 4 nitrogen and oxygen atoms in total. The molecule has 0 aliphatic rings.